The average Bonchev–Trinajstić information content (AvgIpc) is 3.25. The Labute approximate surface area is 172 Å². The van der Waals surface area contributed by atoms with Gasteiger partial charge in [0.05, 0.1) is 18.8 Å². The van der Waals surface area contributed by atoms with E-state index < -0.39 is 5.60 Å². The quantitative estimate of drug-likeness (QED) is 0.768. The van der Waals surface area contributed by atoms with Gasteiger partial charge in [-0.1, -0.05) is 0 Å². The van der Waals surface area contributed by atoms with Crippen LogP contribution >= 0.6 is 0 Å². The second-order valence-corrected chi connectivity index (χ2v) is 8.06. The molecule has 0 bridgehead atoms. The van der Waals surface area contributed by atoms with E-state index in [4.69, 9.17) is 9.47 Å². The highest BCUT2D eigenvalue weighted by atomic mass is 16.5. The minimum atomic E-state index is -0.970. The summed E-state index contributed by atoms with van der Waals surface area (Å²) in [6.07, 6.45) is 7.16. The van der Waals surface area contributed by atoms with Gasteiger partial charge in [-0.05, 0) is 56.7 Å². The third kappa shape index (κ3) is 3.81. The number of aromatic nitrogens is 3. The minimum Gasteiger partial charge on any atom is -0.478 e. The normalized spacial score (nSPS) is 26.5. The number of hydrogen-bond donors (Lipinski definition) is 1. The van der Waals surface area contributed by atoms with E-state index >= 15 is 0 Å². The molecule has 7 heteroatoms. The van der Waals surface area contributed by atoms with Crippen molar-refractivity contribution in [2.75, 3.05) is 26.3 Å². The Morgan fingerprint density at radius 2 is 2.03 bits per heavy atom. The maximum Gasteiger partial charge on any atom is 0.319 e. The van der Waals surface area contributed by atoms with Gasteiger partial charge in [-0.2, -0.15) is 4.98 Å². The fourth-order valence-electron chi connectivity index (χ4n) is 4.86. The number of fused-ring (bicyclic) bond motifs is 1. The largest absolute Gasteiger partial charge is 0.478 e. The van der Waals surface area contributed by atoms with Gasteiger partial charge >= 0.3 is 6.01 Å². The minimum absolute atomic E-state index is 0.144. The molecule has 156 valence electrons. The van der Waals surface area contributed by atoms with Crippen LogP contribution in [0.15, 0.2) is 24.7 Å². The number of hydrogen-bond acceptors (Lipinski definition) is 7. The lowest BCUT2D eigenvalue weighted by Crippen LogP contribution is -2.35. The van der Waals surface area contributed by atoms with Crippen LogP contribution in [0, 0.1) is 18.8 Å². The molecular weight excluding hydrogens is 368 g/mol. The van der Waals surface area contributed by atoms with E-state index in [1.54, 1.807) is 6.20 Å². The first kappa shape index (κ1) is 20.0. The van der Waals surface area contributed by atoms with E-state index in [1.165, 1.54) is 11.1 Å². The Morgan fingerprint density at radius 3 is 2.79 bits per heavy atom. The maximum absolute atomic E-state index is 11.8. The van der Waals surface area contributed by atoms with Gasteiger partial charge in [0.15, 0.2) is 0 Å². The predicted molar refractivity (Wildman–Crippen MR) is 109 cm³/mol. The molecule has 7 nitrogen and oxygen atoms in total. The second kappa shape index (κ2) is 8.24. The summed E-state index contributed by atoms with van der Waals surface area (Å²) >= 11 is 0. The topological polar surface area (TPSA) is 80.6 Å². The molecule has 0 spiro atoms. The predicted octanol–water partition coefficient (Wildman–Crippen LogP) is 2.71. The molecule has 29 heavy (non-hydrogen) atoms. The molecule has 4 rings (SSSR count). The molecule has 3 heterocycles. The highest BCUT2D eigenvalue weighted by Crippen LogP contribution is 2.52. The van der Waals surface area contributed by atoms with E-state index in [-0.39, 0.29) is 5.92 Å². The molecule has 1 N–H and O–H groups in total. The molecule has 2 aliphatic rings. The Morgan fingerprint density at radius 1 is 1.21 bits per heavy atom. The molecular formula is C22H30N4O3. The second-order valence-electron chi connectivity index (χ2n) is 8.06. The summed E-state index contributed by atoms with van der Waals surface area (Å²) in [6, 6.07) is 2.38. The monoisotopic (exact) mass is 398 g/mol. The van der Waals surface area contributed by atoms with Gasteiger partial charge in [-0.3, -0.25) is 9.88 Å². The molecule has 0 radical (unpaired) electrons. The fourth-order valence-corrected chi connectivity index (χ4v) is 4.86. The number of pyridine rings is 1. The van der Waals surface area contributed by atoms with Crippen molar-refractivity contribution in [2.45, 2.75) is 45.8 Å². The van der Waals surface area contributed by atoms with Gasteiger partial charge < -0.3 is 14.6 Å². The summed E-state index contributed by atoms with van der Waals surface area (Å²) in [5, 5.41) is 11.8. The smallest absolute Gasteiger partial charge is 0.319 e. The molecule has 0 amide bonds. The van der Waals surface area contributed by atoms with Crippen molar-refractivity contribution in [3.63, 3.8) is 0 Å². The van der Waals surface area contributed by atoms with Crippen LogP contribution < -0.4 is 9.47 Å². The van der Waals surface area contributed by atoms with Crippen molar-refractivity contribution in [1.82, 2.24) is 19.9 Å². The van der Waals surface area contributed by atoms with Gasteiger partial charge in [0.2, 0.25) is 5.88 Å². The van der Waals surface area contributed by atoms with Crippen LogP contribution in [0.3, 0.4) is 0 Å². The summed E-state index contributed by atoms with van der Waals surface area (Å²) in [5.74, 6) is 1.05. The van der Waals surface area contributed by atoms with Gasteiger partial charge in [0, 0.05) is 44.1 Å². The van der Waals surface area contributed by atoms with Crippen molar-refractivity contribution in [1.29, 1.82) is 0 Å². The van der Waals surface area contributed by atoms with Crippen LogP contribution in [-0.4, -0.2) is 51.3 Å². The Kier molecular flexibility index (Phi) is 5.69. The summed E-state index contributed by atoms with van der Waals surface area (Å²) in [7, 11) is 0. The molecule has 1 saturated carbocycles. The van der Waals surface area contributed by atoms with E-state index in [2.05, 4.69) is 32.8 Å². The molecule has 2 aromatic heterocycles. The van der Waals surface area contributed by atoms with Crippen LogP contribution in [0.4, 0.5) is 0 Å². The first-order valence-corrected chi connectivity index (χ1v) is 10.5. The van der Waals surface area contributed by atoms with Crippen LogP contribution in [-0.2, 0) is 12.1 Å². The number of rotatable bonds is 7. The molecule has 0 aromatic carbocycles. The number of aryl methyl sites for hydroxylation is 1. The zero-order valence-corrected chi connectivity index (χ0v) is 17.5. The average molecular weight is 399 g/mol. The summed E-state index contributed by atoms with van der Waals surface area (Å²) in [5.41, 5.74) is 2.22. The standard InChI is InChI=1S/C22H30N4O3/c1-4-28-20-18(11-24-21(25-20)29-5-2)22(27)8-6-17-13-26(14-19(17)22)12-16-7-9-23-10-15(16)3/h7,9-11,17,19,27H,4-6,8,12-14H2,1-3H3/t17-,19+,22+/m1/s1. The highest BCUT2D eigenvalue weighted by Gasteiger charge is 2.53. The van der Waals surface area contributed by atoms with Crippen molar-refractivity contribution in [3.05, 3.63) is 41.3 Å². The third-order valence-corrected chi connectivity index (χ3v) is 6.31. The Bertz CT molecular complexity index is 862. The molecule has 2 fully saturated rings. The highest BCUT2D eigenvalue weighted by molar-refractivity contribution is 5.34. The molecule has 1 aliphatic carbocycles. The Hall–Kier alpha value is -2.25. The van der Waals surface area contributed by atoms with E-state index in [0.717, 1.165) is 26.1 Å². The van der Waals surface area contributed by atoms with Crippen LogP contribution in [0.5, 0.6) is 11.9 Å². The lowest BCUT2D eigenvalue weighted by Gasteiger charge is -2.31. The van der Waals surface area contributed by atoms with E-state index in [0.29, 0.717) is 43.0 Å². The maximum atomic E-state index is 11.8. The SMILES string of the molecule is CCOc1ncc([C@@]2(O)CC[C@@H]3CN(Cc4ccncc4C)C[C@@H]32)c(OCC)n1. The zero-order chi connectivity index (χ0) is 20.4. The first-order chi connectivity index (χ1) is 14.0. The summed E-state index contributed by atoms with van der Waals surface area (Å²) < 4.78 is 11.2. The first-order valence-electron chi connectivity index (χ1n) is 10.5. The van der Waals surface area contributed by atoms with Crippen molar-refractivity contribution < 1.29 is 14.6 Å². The summed E-state index contributed by atoms with van der Waals surface area (Å²) in [6.45, 7) is 9.61. The fraction of sp³-hybridized carbons (Fsp3) is 0.591. The number of aliphatic hydroxyl groups is 1. The van der Waals surface area contributed by atoms with E-state index in [9.17, 15) is 5.11 Å². The van der Waals surface area contributed by atoms with Gasteiger partial charge in [0.25, 0.3) is 0 Å². The number of likely N-dealkylation sites (tertiary alicyclic amines) is 1. The van der Waals surface area contributed by atoms with Crippen LogP contribution in [0.2, 0.25) is 0 Å². The lowest BCUT2D eigenvalue weighted by atomic mass is 9.83. The molecule has 1 aliphatic heterocycles. The summed E-state index contributed by atoms with van der Waals surface area (Å²) in [4.78, 5) is 15.4. The van der Waals surface area contributed by atoms with E-state index in [1.807, 2.05) is 26.2 Å². The lowest BCUT2D eigenvalue weighted by molar-refractivity contribution is -0.0101. The van der Waals surface area contributed by atoms with Crippen molar-refractivity contribution in [3.8, 4) is 11.9 Å². The van der Waals surface area contributed by atoms with Crippen LogP contribution in [0.1, 0.15) is 43.4 Å². The Balaban J connectivity index is 1.57. The van der Waals surface area contributed by atoms with Crippen molar-refractivity contribution >= 4 is 0 Å². The third-order valence-electron chi connectivity index (χ3n) is 6.31. The molecule has 2 aromatic rings. The van der Waals surface area contributed by atoms with Gasteiger partial charge in [-0.15, -0.1) is 0 Å². The molecule has 0 unspecified atom stereocenters. The molecule has 3 atom stereocenters. The van der Waals surface area contributed by atoms with Gasteiger partial charge in [-0.25, -0.2) is 4.98 Å². The number of nitrogens with zero attached hydrogens (tertiary/aromatic N) is 4. The molecule has 1 saturated heterocycles. The van der Waals surface area contributed by atoms with Crippen LogP contribution in [0.25, 0.3) is 0 Å². The van der Waals surface area contributed by atoms with Crippen molar-refractivity contribution in [2.24, 2.45) is 11.8 Å². The number of ether oxygens (including phenoxy) is 2. The zero-order valence-electron chi connectivity index (χ0n) is 17.5. The van der Waals surface area contributed by atoms with Gasteiger partial charge in [0.1, 0.15) is 5.60 Å².